The van der Waals surface area contributed by atoms with E-state index < -0.39 is 0 Å². The molecule has 0 bridgehead atoms. The van der Waals surface area contributed by atoms with E-state index in [0.29, 0.717) is 11.5 Å². The van der Waals surface area contributed by atoms with Gasteiger partial charge in [0.15, 0.2) is 5.82 Å². The lowest BCUT2D eigenvalue weighted by Gasteiger charge is -2.13. The number of benzene rings is 2. The molecular weight excluding hydrogens is 344 g/mol. The molecule has 0 unspecified atom stereocenters. The first-order valence-corrected chi connectivity index (χ1v) is 8.10. The average Bonchev–Trinajstić information content (AvgIpc) is 3.03. The summed E-state index contributed by atoms with van der Waals surface area (Å²) in [7, 11) is 1.49. The highest BCUT2D eigenvalue weighted by Crippen LogP contribution is 2.33. The Morgan fingerprint density at radius 3 is 2.33 bits per heavy atom. The first-order chi connectivity index (χ1) is 12.6. The van der Waals surface area contributed by atoms with E-state index in [1.165, 1.54) is 12.7 Å². The van der Waals surface area contributed by atoms with Crippen LogP contribution in [0.2, 0.25) is 0 Å². The Morgan fingerprint density at radius 1 is 0.926 bits per heavy atom. The van der Waals surface area contributed by atoms with E-state index in [1.807, 2.05) is 60.0 Å². The molecule has 0 aliphatic heterocycles. The van der Waals surface area contributed by atoms with Crippen molar-refractivity contribution in [3.8, 4) is 23.1 Å². The van der Waals surface area contributed by atoms with Crippen molar-refractivity contribution in [2.75, 3.05) is 18.6 Å². The van der Waals surface area contributed by atoms with Gasteiger partial charge in [0, 0.05) is 5.56 Å². The first kappa shape index (κ1) is 18.2. The largest absolute Gasteiger partial charge is 0.479 e. The molecule has 0 radical (unpaired) electrons. The number of rotatable bonds is 3. The summed E-state index contributed by atoms with van der Waals surface area (Å²) in [6.45, 7) is 2.04. The molecule has 4 aromatic rings. The van der Waals surface area contributed by atoms with Gasteiger partial charge >= 0.3 is 0 Å². The third-order valence-corrected chi connectivity index (χ3v) is 4.18. The number of hydrogen-bond acceptors (Lipinski definition) is 6. The van der Waals surface area contributed by atoms with Crippen molar-refractivity contribution in [1.29, 1.82) is 0 Å². The lowest BCUT2D eigenvalue weighted by molar-refractivity contribution is 0.400. The van der Waals surface area contributed by atoms with Crippen LogP contribution < -0.4 is 16.2 Å². The van der Waals surface area contributed by atoms with Gasteiger partial charge in [0.05, 0.1) is 18.1 Å². The monoisotopic (exact) mass is 364 g/mol. The van der Waals surface area contributed by atoms with Gasteiger partial charge in [-0.15, -0.1) is 0 Å². The second-order valence-electron chi connectivity index (χ2n) is 5.95. The number of aryl methyl sites for hydroxylation is 1. The Balaban J connectivity index is 0.00000210. The summed E-state index contributed by atoms with van der Waals surface area (Å²) in [5.74, 6) is 1.48. The van der Waals surface area contributed by atoms with Crippen LogP contribution in [-0.4, -0.2) is 32.1 Å². The first-order valence-electron chi connectivity index (χ1n) is 8.10. The maximum absolute atomic E-state index is 6.26. The SMILES string of the molecule is COc1nc(N)nc(-n2c(-c3ccc(C)cc3)nc3ccccc32)c1N.O. The normalized spacial score (nSPS) is 10.6. The summed E-state index contributed by atoms with van der Waals surface area (Å²) in [5.41, 5.74) is 16.3. The standard InChI is InChI=1S/C19H18N6O.H2O/c1-11-7-9-12(10-8-11)16-22-13-5-3-4-6-14(13)25(16)17-15(20)18(26-2)24-19(21)23-17;/h3-10H,20H2,1-2H3,(H2,21,23,24);1H2. The smallest absolute Gasteiger partial charge is 0.244 e. The van der Waals surface area contributed by atoms with Gasteiger partial charge in [0.1, 0.15) is 11.5 Å². The van der Waals surface area contributed by atoms with E-state index >= 15 is 0 Å². The van der Waals surface area contributed by atoms with Crippen LogP contribution in [0.25, 0.3) is 28.2 Å². The predicted octanol–water partition coefficient (Wildman–Crippen LogP) is 2.14. The van der Waals surface area contributed by atoms with Crippen molar-refractivity contribution in [2.45, 2.75) is 6.92 Å². The fourth-order valence-electron chi connectivity index (χ4n) is 2.92. The minimum Gasteiger partial charge on any atom is -0.479 e. The fraction of sp³-hybridized carbons (Fsp3) is 0.105. The molecule has 138 valence electrons. The van der Waals surface area contributed by atoms with E-state index in [0.717, 1.165) is 22.4 Å². The fourth-order valence-corrected chi connectivity index (χ4v) is 2.92. The van der Waals surface area contributed by atoms with E-state index in [2.05, 4.69) is 9.97 Å². The highest BCUT2D eigenvalue weighted by molar-refractivity contribution is 5.84. The van der Waals surface area contributed by atoms with Gasteiger partial charge < -0.3 is 21.7 Å². The number of para-hydroxylation sites is 2. The minimum absolute atomic E-state index is 0. The molecule has 0 aliphatic carbocycles. The van der Waals surface area contributed by atoms with Crippen LogP contribution in [-0.2, 0) is 0 Å². The summed E-state index contributed by atoms with van der Waals surface area (Å²) in [6, 6.07) is 15.9. The number of methoxy groups -OCH3 is 1. The molecule has 0 amide bonds. The minimum atomic E-state index is 0. The average molecular weight is 364 g/mol. The van der Waals surface area contributed by atoms with E-state index in [4.69, 9.17) is 21.2 Å². The van der Waals surface area contributed by atoms with Crippen molar-refractivity contribution < 1.29 is 10.2 Å². The van der Waals surface area contributed by atoms with Crippen molar-refractivity contribution in [1.82, 2.24) is 19.5 Å². The molecule has 2 heterocycles. The number of ether oxygens (including phenoxy) is 1. The topological polar surface area (TPSA) is 136 Å². The molecule has 0 fully saturated rings. The quantitative estimate of drug-likeness (QED) is 0.571. The van der Waals surface area contributed by atoms with Crippen molar-refractivity contribution >= 4 is 22.7 Å². The third kappa shape index (κ3) is 3.02. The van der Waals surface area contributed by atoms with Crippen LogP contribution >= 0.6 is 0 Å². The second-order valence-corrected chi connectivity index (χ2v) is 5.95. The van der Waals surface area contributed by atoms with Gasteiger partial charge in [0.2, 0.25) is 11.8 Å². The van der Waals surface area contributed by atoms with Crippen LogP contribution in [0, 0.1) is 6.92 Å². The summed E-state index contributed by atoms with van der Waals surface area (Å²) >= 11 is 0. The van der Waals surface area contributed by atoms with Crippen molar-refractivity contribution in [3.63, 3.8) is 0 Å². The maximum Gasteiger partial charge on any atom is 0.244 e. The van der Waals surface area contributed by atoms with Crippen molar-refractivity contribution in [2.24, 2.45) is 0 Å². The third-order valence-electron chi connectivity index (χ3n) is 4.18. The Hall–Kier alpha value is -3.65. The zero-order chi connectivity index (χ0) is 18.3. The molecule has 0 saturated heterocycles. The number of anilines is 2. The number of hydrogen-bond donors (Lipinski definition) is 2. The summed E-state index contributed by atoms with van der Waals surface area (Å²) in [6.07, 6.45) is 0. The van der Waals surface area contributed by atoms with Gasteiger partial charge in [-0.1, -0.05) is 42.0 Å². The molecule has 0 spiro atoms. The molecule has 0 aliphatic rings. The summed E-state index contributed by atoms with van der Waals surface area (Å²) in [4.78, 5) is 13.2. The summed E-state index contributed by atoms with van der Waals surface area (Å²) in [5, 5.41) is 0. The van der Waals surface area contributed by atoms with Crippen LogP contribution in [0.3, 0.4) is 0 Å². The Morgan fingerprint density at radius 2 is 1.63 bits per heavy atom. The van der Waals surface area contributed by atoms with Crippen molar-refractivity contribution in [3.05, 3.63) is 54.1 Å². The second kappa shape index (κ2) is 6.93. The molecule has 0 saturated carbocycles. The lowest BCUT2D eigenvalue weighted by Crippen LogP contribution is -2.10. The van der Waals surface area contributed by atoms with Crippen LogP contribution in [0.1, 0.15) is 5.56 Å². The Kier molecular flexibility index (Phi) is 4.66. The van der Waals surface area contributed by atoms with Gasteiger partial charge in [-0.05, 0) is 19.1 Å². The predicted molar refractivity (Wildman–Crippen MR) is 106 cm³/mol. The van der Waals surface area contributed by atoms with E-state index in [9.17, 15) is 0 Å². The molecule has 2 aromatic carbocycles. The Bertz CT molecular complexity index is 1110. The number of nitrogen functional groups attached to an aromatic ring is 2. The van der Waals surface area contributed by atoms with Crippen LogP contribution in [0.5, 0.6) is 5.88 Å². The van der Waals surface area contributed by atoms with Gasteiger partial charge in [-0.25, -0.2) is 4.98 Å². The zero-order valence-electron chi connectivity index (χ0n) is 15.0. The molecule has 8 heteroatoms. The van der Waals surface area contributed by atoms with Gasteiger partial charge in [-0.2, -0.15) is 9.97 Å². The van der Waals surface area contributed by atoms with Crippen LogP contribution in [0.4, 0.5) is 11.6 Å². The zero-order valence-corrected chi connectivity index (χ0v) is 15.0. The molecule has 6 N–H and O–H groups in total. The van der Waals surface area contributed by atoms with Crippen LogP contribution in [0.15, 0.2) is 48.5 Å². The number of nitrogens with two attached hydrogens (primary N) is 2. The maximum atomic E-state index is 6.26. The van der Waals surface area contributed by atoms with E-state index in [1.54, 1.807) is 0 Å². The molecule has 4 rings (SSSR count). The number of aromatic nitrogens is 4. The van der Waals surface area contributed by atoms with Gasteiger partial charge in [-0.3, -0.25) is 4.57 Å². The number of fused-ring (bicyclic) bond motifs is 1. The van der Waals surface area contributed by atoms with Gasteiger partial charge in [0.25, 0.3) is 0 Å². The molecule has 0 atom stereocenters. The molecular formula is C19H20N6O2. The molecule has 2 aromatic heterocycles. The Labute approximate surface area is 155 Å². The lowest BCUT2D eigenvalue weighted by atomic mass is 10.1. The number of imidazole rings is 1. The number of nitrogens with zero attached hydrogens (tertiary/aromatic N) is 4. The summed E-state index contributed by atoms with van der Waals surface area (Å²) < 4.78 is 7.13. The van der Waals surface area contributed by atoms with E-state index in [-0.39, 0.29) is 17.3 Å². The molecule has 8 nitrogen and oxygen atoms in total. The highest BCUT2D eigenvalue weighted by atomic mass is 16.5. The molecule has 27 heavy (non-hydrogen) atoms. The highest BCUT2D eigenvalue weighted by Gasteiger charge is 2.20.